The Labute approximate surface area is 183 Å². The molecule has 1 saturated heterocycles. The summed E-state index contributed by atoms with van der Waals surface area (Å²) in [5.74, 6) is -0.193. The fourth-order valence-corrected chi connectivity index (χ4v) is 3.68. The summed E-state index contributed by atoms with van der Waals surface area (Å²) in [7, 11) is 0. The second kappa shape index (κ2) is 8.38. The molecule has 32 heavy (non-hydrogen) atoms. The minimum Gasteiger partial charge on any atom is -0.481 e. The lowest BCUT2D eigenvalue weighted by atomic mass is 10.0. The molecule has 1 aliphatic rings. The summed E-state index contributed by atoms with van der Waals surface area (Å²) < 4.78 is 32.5. The highest BCUT2D eigenvalue weighted by atomic mass is 19.3. The molecule has 0 bridgehead atoms. The van der Waals surface area contributed by atoms with Crippen LogP contribution in [0, 0.1) is 19.3 Å². The van der Waals surface area contributed by atoms with E-state index in [9.17, 15) is 13.6 Å². The molecule has 1 aliphatic heterocycles. The highest BCUT2D eigenvalue weighted by molar-refractivity contribution is 5.68. The SMILES string of the molecule is C#Cc1cc(-c2nc(-c3ccc(CCC(=O)O)cc3C)no2)cnc1N1CCC(F)(F)C1. The number of terminal acetylenes is 1. The molecule has 0 amide bonds. The van der Waals surface area contributed by atoms with Crippen molar-refractivity contribution >= 4 is 11.8 Å². The number of anilines is 1. The van der Waals surface area contributed by atoms with Crippen molar-refractivity contribution in [1.82, 2.24) is 15.1 Å². The maximum absolute atomic E-state index is 13.6. The minimum absolute atomic E-state index is 0.0563. The molecule has 1 fully saturated rings. The number of aromatic nitrogens is 3. The number of rotatable bonds is 6. The first-order chi connectivity index (χ1) is 15.3. The number of alkyl halides is 2. The quantitative estimate of drug-likeness (QED) is 0.583. The van der Waals surface area contributed by atoms with Crippen LogP contribution in [0.25, 0.3) is 22.8 Å². The van der Waals surface area contributed by atoms with Crippen LogP contribution in [0.2, 0.25) is 0 Å². The van der Waals surface area contributed by atoms with Crippen LogP contribution in [-0.2, 0) is 11.2 Å². The van der Waals surface area contributed by atoms with E-state index >= 15 is 0 Å². The summed E-state index contributed by atoms with van der Waals surface area (Å²) in [5.41, 5.74) is 3.40. The molecular formula is C23H20F2N4O3. The number of carboxylic acid groups (broad SMARTS) is 1. The van der Waals surface area contributed by atoms with Crippen molar-refractivity contribution in [3.63, 3.8) is 0 Å². The molecule has 4 rings (SSSR count). The van der Waals surface area contributed by atoms with E-state index < -0.39 is 18.4 Å². The maximum Gasteiger partial charge on any atom is 0.303 e. The third kappa shape index (κ3) is 4.44. The zero-order valence-electron chi connectivity index (χ0n) is 17.3. The van der Waals surface area contributed by atoms with Gasteiger partial charge in [-0.15, -0.1) is 6.42 Å². The molecule has 7 nitrogen and oxygen atoms in total. The number of hydrogen-bond acceptors (Lipinski definition) is 6. The van der Waals surface area contributed by atoms with Gasteiger partial charge in [0.2, 0.25) is 5.82 Å². The Hall–Kier alpha value is -3.80. The van der Waals surface area contributed by atoms with Crippen molar-refractivity contribution < 1.29 is 23.2 Å². The summed E-state index contributed by atoms with van der Waals surface area (Å²) in [6.45, 7) is 1.65. The van der Waals surface area contributed by atoms with Crippen molar-refractivity contribution in [2.45, 2.75) is 32.1 Å². The average molecular weight is 438 g/mol. The highest BCUT2D eigenvalue weighted by Crippen LogP contribution is 2.33. The van der Waals surface area contributed by atoms with Gasteiger partial charge >= 0.3 is 5.97 Å². The van der Waals surface area contributed by atoms with Crippen molar-refractivity contribution in [2.24, 2.45) is 0 Å². The van der Waals surface area contributed by atoms with Crippen molar-refractivity contribution in [1.29, 1.82) is 0 Å². The number of benzene rings is 1. The molecule has 3 aromatic rings. The summed E-state index contributed by atoms with van der Waals surface area (Å²) in [6.07, 6.45) is 7.33. The minimum atomic E-state index is -2.76. The molecule has 2 aromatic heterocycles. The van der Waals surface area contributed by atoms with Gasteiger partial charge in [0, 0.05) is 31.1 Å². The Morgan fingerprint density at radius 3 is 2.84 bits per heavy atom. The van der Waals surface area contributed by atoms with Gasteiger partial charge in [0.05, 0.1) is 17.7 Å². The summed E-state index contributed by atoms with van der Waals surface area (Å²) in [4.78, 5) is 21.0. The topological polar surface area (TPSA) is 92.3 Å². The third-order valence-electron chi connectivity index (χ3n) is 5.32. The van der Waals surface area contributed by atoms with E-state index in [0.717, 1.165) is 16.7 Å². The van der Waals surface area contributed by atoms with Gasteiger partial charge in [0.15, 0.2) is 0 Å². The molecular weight excluding hydrogens is 418 g/mol. The van der Waals surface area contributed by atoms with Crippen LogP contribution < -0.4 is 4.90 Å². The molecule has 1 aromatic carbocycles. The number of nitrogens with zero attached hydrogens (tertiary/aromatic N) is 4. The number of aliphatic carboxylic acids is 1. The van der Waals surface area contributed by atoms with Gasteiger partial charge in [0.25, 0.3) is 11.8 Å². The zero-order chi connectivity index (χ0) is 22.9. The number of hydrogen-bond donors (Lipinski definition) is 1. The largest absolute Gasteiger partial charge is 0.481 e. The van der Waals surface area contributed by atoms with Gasteiger partial charge in [-0.1, -0.05) is 29.3 Å². The number of pyridine rings is 1. The van der Waals surface area contributed by atoms with E-state index in [0.29, 0.717) is 29.2 Å². The number of aryl methyl sites for hydroxylation is 2. The zero-order valence-corrected chi connectivity index (χ0v) is 17.3. The van der Waals surface area contributed by atoms with E-state index in [2.05, 4.69) is 21.0 Å². The lowest BCUT2D eigenvalue weighted by molar-refractivity contribution is -0.136. The number of carboxylic acids is 1. The van der Waals surface area contributed by atoms with Crippen LogP contribution in [0.5, 0.6) is 0 Å². The summed E-state index contributed by atoms with van der Waals surface area (Å²) >= 11 is 0. The van der Waals surface area contributed by atoms with E-state index in [4.69, 9.17) is 16.1 Å². The highest BCUT2D eigenvalue weighted by Gasteiger charge is 2.39. The van der Waals surface area contributed by atoms with Gasteiger partial charge in [-0.25, -0.2) is 13.8 Å². The molecule has 0 spiro atoms. The fourth-order valence-electron chi connectivity index (χ4n) is 3.68. The third-order valence-corrected chi connectivity index (χ3v) is 5.32. The lowest BCUT2D eigenvalue weighted by Crippen LogP contribution is -2.26. The monoisotopic (exact) mass is 438 g/mol. The summed E-state index contributed by atoms with van der Waals surface area (Å²) in [5, 5.41) is 12.9. The van der Waals surface area contributed by atoms with Gasteiger partial charge in [-0.3, -0.25) is 4.79 Å². The van der Waals surface area contributed by atoms with Gasteiger partial charge in [-0.2, -0.15) is 4.98 Å². The van der Waals surface area contributed by atoms with Gasteiger partial charge in [0.1, 0.15) is 5.82 Å². The lowest BCUT2D eigenvalue weighted by Gasteiger charge is -2.18. The molecule has 1 N–H and O–H groups in total. The Balaban J connectivity index is 1.57. The van der Waals surface area contributed by atoms with Crippen LogP contribution in [-0.4, -0.2) is 45.2 Å². The fraction of sp³-hybridized carbons (Fsp3) is 0.304. The molecule has 0 aliphatic carbocycles. The molecule has 0 atom stereocenters. The van der Waals surface area contributed by atoms with Crippen LogP contribution in [0.4, 0.5) is 14.6 Å². The van der Waals surface area contributed by atoms with Gasteiger partial charge < -0.3 is 14.5 Å². The molecule has 164 valence electrons. The van der Waals surface area contributed by atoms with Gasteiger partial charge in [-0.05, 0) is 30.5 Å². The first kappa shape index (κ1) is 21.4. The van der Waals surface area contributed by atoms with E-state index in [1.54, 1.807) is 6.07 Å². The molecule has 0 radical (unpaired) electrons. The Bertz CT molecular complexity index is 1220. The smallest absolute Gasteiger partial charge is 0.303 e. The van der Waals surface area contributed by atoms with E-state index in [-0.39, 0.29) is 25.3 Å². The molecule has 9 heteroatoms. The normalized spacial score (nSPS) is 15.0. The Morgan fingerprint density at radius 2 is 2.19 bits per heavy atom. The maximum atomic E-state index is 13.6. The number of carbonyl (C=O) groups is 1. The van der Waals surface area contributed by atoms with E-state index in [1.165, 1.54) is 11.1 Å². The number of halogens is 2. The first-order valence-electron chi connectivity index (χ1n) is 10.0. The van der Waals surface area contributed by atoms with Crippen molar-refractivity contribution in [2.75, 3.05) is 18.0 Å². The Morgan fingerprint density at radius 1 is 1.38 bits per heavy atom. The predicted molar refractivity (Wildman–Crippen MR) is 113 cm³/mol. The van der Waals surface area contributed by atoms with Crippen LogP contribution >= 0.6 is 0 Å². The molecule has 0 unspecified atom stereocenters. The van der Waals surface area contributed by atoms with Crippen LogP contribution in [0.15, 0.2) is 35.0 Å². The average Bonchev–Trinajstić information content (AvgIpc) is 3.38. The van der Waals surface area contributed by atoms with Crippen molar-refractivity contribution in [3.8, 4) is 35.2 Å². The van der Waals surface area contributed by atoms with Crippen LogP contribution in [0.1, 0.15) is 29.5 Å². The standard InChI is InChI=1S/C23H20F2N4O3/c1-3-16-11-17(12-26-21(16)29-9-8-23(24,25)13-29)22-27-20(28-32-22)18-6-4-15(10-14(18)2)5-7-19(30)31/h1,4,6,10-12H,5,7-9,13H2,2H3,(H,30,31). The Kier molecular flexibility index (Phi) is 5.61. The first-order valence-corrected chi connectivity index (χ1v) is 10.0. The predicted octanol–water partition coefficient (Wildman–Crippen LogP) is 3.95. The second-order valence-electron chi connectivity index (χ2n) is 7.73. The molecule has 3 heterocycles. The van der Waals surface area contributed by atoms with Crippen molar-refractivity contribution in [3.05, 3.63) is 47.2 Å². The van der Waals surface area contributed by atoms with E-state index in [1.807, 2.05) is 25.1 Å². The summed E-state index contributed by atoms with van der Waals surface area (Å²) in [6, 6.07) is 7.17. The van der Waals surface area contributed by atoms with Crippen LogP contribution in [0.3, 0.4) is 0 Å². The second-order valence-corrected chi connectivity index (χ2v) is 7.73. The molecule has 0 saturated carbocycles.